The Kier molecular flexibility index (Phi) is 3.90. The first-order chi connectivity index (χ1) is 11.8. The van der Waals surface area contributed by atoms with Crippen molar-refractivity contribution in [1.82, 2.24) is 19.8 Å². The molecule has 0 bridgehead atoms. The highest BCUT2D eigenvalue weighted by atomic mass is 16.3. The molecule has 0 spiro atoms. The molecule has 4 rings (SSSR count). The number of aliphatic hydroxyl groups is 1. The van der Waals surface area contributed by atoms with Crippen LogP contribution in [-0.2, 0) is 0 Å². The van der Waals surface area contributed by atoms with E-state index in [1.165, 1.54) is 19.3 Å². The topological polar surface area (TPSA) is 75.3 Å². The fourth-order valence-corrected chi connectivity index (χ4v) is 3.36. The summed E-state index contributed by atoms with van der Waals surface area (Å²) in [5, 5.41) is 25.8. The monoisotopic (exact) mass is 323 g/mol. The average molecular weight is 323 g/mol. The molecule has 1 aliphatic carbocycles. The Balaban J connectivity index is 1.59. The van der Waals surface area contributed by atoms with Crippen molar-refractivity contribution < 1.29 is 5.11 Å². The van der Waals surface area contributed by atoms with Gasteiger partial charge < -0.3 is 10.4 Å². The van der Waals surface area contributed by atoms with Crippen LogP contribution in [0.5, 0.6) is 0 Å². The van der Waals surface area contributed by atoms with Gasteiger partial charge in [-0.05, 0) is 36.8 Å². The molecule has 1 aliphatic rings. The molecule has 0 saturated heterocycles. The van der Waals surface area contributed by atoms with E-state index >= 15 is 0 Å². The molecule has 0 unspecified atom stereocenters. The van der Waals surface area contributed by atoms with Crippen molar-refractivity contribution in [2.45, 2.75) is 25.7 Å². The Hall–Kier alpha value is -2.47. The number of hydrogen-bond acceptors (Lipinski definition) is 5. The van der Waals surface area contributed by atoms with Gasteiger partial charge in [-0.3, -0.25) is 0 Å². The summed E-state index contributed by atoms with van der Waals surface area (Å²) >= 11 is 0. The normalized spacial score (nSPS) is 16.0. The standard InChI is InChI=1S/C18H21N5O/c24-12-11-18(9-4-10-18)13-19-15-7-8-16-20-21-17(23(16)22-15)14-5-2-1-3-6-14/h1-3,5-8,24H,4,9-13H2,(H,19,22). The molecule has 6 nitrogen and oxygen atoms in total. The highest BCUT2D eigenvalue weighted by molar-refractivity contribution is 5.59. The zero-order valence-electron chi connectivity index (χ0n) is 13.5. The smallest absolute Gasteiger partial charge is 0.185 e. The number of fused-ring (bicyclic) bond motifs is 1. The first-order valence-corrected chi connectivity index (χ1v) is 8.42. The minimum Gasteiger partial charge on any atom is -0.396 e. The van der Waals surface area contributed by atoms with Crippen molar-refractivity contribution in [2.24, 2.45) is 5.41 Å². The number of benzene rings is 1. The minimum atomic E-state index is 0.223. The molecule has 124 valence electrons. The summed E-state index contributed by atoms with van der Waals surface area (Å²) in [6.45, 7) is 1.09. The van der Waals surface area contributed by atoms with Gasteiger partial charge in [-0.2, -0.15) is 4.52 Å². The molecule has 1 fully saturated rings. The summed E-state index contributed by atoms with van der Waals surface area (Å²) in [5.41, 5.74) is 1.94. The second kappa shape index (κ2) is 6.20. The van der Waals surface area contributed by atoms with Crippen LogP contribution in [0.4, 0.5) is 5.82 Å². The lowest BCUT2D eigenvalue weighted by atomic mass is 9.67. The predicted octanol–water partition coefficient (Wildman–Crippen LogP) is 2.76. The maximum absolute atomic E-state index is 9.28. The van der Waals surface area contributed by atoms with Crippen LogP contribution in [0.15, 0.2) is 42.5 Å². The van der Waals surface area contributed by atoms with Crippen LogP contribution in [0.25, 0.3) is 17.0 Å². The van der Waals surface area contributed by atoms with E-state index in [2.05, 4.69) is 20.6 Å². The fourth-order valence-electron chi connectivity index (χ4n) is 3.36. The van der Waals surface area contributed by atoms with Crippen LogP contribution in [0.2, 0.25) is 0 Å². The van der Waals surface area contributed by atoms with Crippen molar-refractivity contribution in [3.8, 4) is 11.4 Å². The number of aromatic nitrogens is 4. The lowest BCUT2D eigenvalue weighted by molar-refractivity contribution is 0.101. The van der Waals surface area contributed by atoms with Crippen molar-refractivity contribution in [3.63, 3.8) is 0 Å². The van der Waals surface area contributed by atoms with Crippen LogP contribution in [-0.4, -0.2) is 38.1 Å². The van der Waals surface area contributed by atoms with Crippen molar-refractivity contribution in [1.29, 1.82) is 0 Å². The summed E-state index contributed by atoms with van der Waals surface area (Å²) < 4.78 is 1.77. The molecule has 24 heavy (non-hydrogen) atoms. The van der Waals surface area contributed by atoms with Gasteiger partial charge in [0.2, 0.25) is 0 Å². The molecule has 2 heterocycles. The van der Waals surface area contributed by atoms with Crippen molar-refractivity contribution in [3.05, 3.63) is 42.5 Å². The summed E-state index contributed by atoms with van der Waals surface area (Å²) in [7, 11) is 0. The number of rotatable bonds is 6. The Bertz CT molecular complexity index is 826. The van der Waals surface area contributed by atoms with Crippen LogP contribution < -0.4 is 5.32 Å². The highest BCUT2D eigenvalue weighted by Gasteiger charge is 2.36. The van der Waals surface area contributed by atoms with Crippen LogP contribution in [0, 0.1) is 5.41 Å². The second-order valence-corrected chi connectivity index (χ2v) is 6.56. The van der Waals surface area contributed by atoms with E-state index in [4.69, 9.17) is 0 Å². The van der Waals surface area contributed by atoms with Gasteiger partial charge in [-0.25, -0.2) is 0 Å². The van der Waals surface area contributed by atoms with E-state index < -0.39 is 0 Å². The number of nitrogens with one attached hydrogen (secondary N) is 1. The number of hydrogen-bond donors (Lipinski definition) is 2. The third kappa shape index (κ3) is 2.73. The van der Waals surface area contributed by atoms with E-state index in [1.54, 1.807) is 4.52 Å². The Morgan fingerprint density at radius 1 is 1.08 bits per heavy atom. The molecular weight excluding hydrogens is 302 g/mol. The van der Waals surface area contributed by atoms with Crippen LogP contribution in [0.3, 0.4) is 0 Å². The van der Waals surface area contributed by atoms with Gasteiger partial charge in [0, 0.05) is 18.7 Å². The van der Waals surface area contributed by atoms with Crippen LogP contribution >= 0.6 is 0 Å². The van der Waals surface area contributed by atoms with Gasteiger partial charge in [-0.15, -0.1) is 15.3 Å². The molecular formula is C18H21N5O. The molecule has 0 atom stereocenters. The van der Waals surface area contributed by atoms with E-state index in [9.17, 15) is 5.11 Å². The second-order valence-electron chi connectivity index (χ2n) is 6.56. The average Bonchev–Trinajstić information content (AvgIpc) is 3.01. The van der Waals surface area contributed by atoms with Crippen molar-refractivity contribution in [2.75, 3.05) is 18.5 Å². The Morgan fingerprint density at radius 3 is 2.62 bits per heavy atom. The third-order valence-electron chi connectivity index (χ3n) is 5.00. The summed E-state index contributed by atoms with van der Waals surface area (Å²) in [6.07, 6.45) is 4.44. The predicted molar refractivity (Wildman–Crippen MR) is 92.7 cm³/mol. The summed E-state index contributed by atoms with van der Waals surface area (Å²) in [5.74, 6) is 1.55. The van der Waals surface area contributed by atoms with E-state index in [0.717, 1.165) is 35.8 Å². The number of nitrogens with zero attached hydrogens (tertiary/aromatic N) is 4. The van der Waals surface area contributed by atoms with Gasteiger partial charge in [-0.1, -0.05) is 36.8 Å². The summed E-state index contributed by atoms with van der Waals surface area (Å²) in [6, 6.07) is 13.8. The lowest BCUT2D eigenvalue weighted by Crippen LogP contribution is -2.37. The maximum atomic E-state index is 9.28. The first-order valence-electron chi connectivity index (χ1n) is 8.42. The first kappa shape index (κ1) is 15.1. The maximum Gasteiger partial charge on any atom is 0.185 e. The van der Waals surface area contributed by atoms with Gasteiger partial charge in [0.1, 0.15) is 5.82 Å². The van der Waals surface area contributed by atoms with E-state index in [0.29, 0.717) is 0 Å². The SMILES string of the molecule is OCCC1(CNc2ccc3nnc(-c4ccccc4)n3n2)CCC1. The zero-order valence-corrected chi connectivity index (χ0v) is 13.5. The lowest BCUT2D eigenvalue weighted by Gasteiger charge is -2.41. The molecule has 0 radical (unpaired) electrons. The summed E-state index contributed by atoms with van der Waals surface area (Å²) in [4.78, 5) is 0. The number of anilines is 1. The minimum absolute atomic E-state index is 0.223. The van der Waals surface area contributed by atoms with E-state index in [1.807, 2.05) is 42.5 Å². The zero-order chi connectivity index (χ0) is 16.4. The molecule has 0 amide bonds. The van der Waals surface area contributed by atoms with Crippen LogP contribution in [0.1, 0.15) is 25.7 Å². The van der Waals surface area contributed by atoms with Gasteiger partial charge >= 0.3 is 0 Å². The quantitative estimate of drug-likeness (QED) is 0.729. The largest absolute Gasteiger partial charge is 0.396 e. The molecule has 0 aliphatic heterocycles. The molecule has 2 aromatic heterocycles. The third-order valence-corrected chi connectivity index (χ3v) is 5.00. The van der Waals surface area contributed by atoms with Gasteiger partial charge in [0.15, 0.2) is 11.5 Å². The molecule has 1 aromatic carbocycles. The molecule has 3 aromatic rings. The van der Waals surface area contributed by atoms with Gasteiger partial charge in [0.05, 0.1) is 0 Å². The fraction of sp³-hybridized carbons (Fsp3) is 0.389. The van der Waals surface area contributed by atoms with Crippen molar-refractivity contribution >= 4 is 11.5 Å². The number of aliphatic hydroxyl groups excluding tert-OH is 1. The molecule has 6 heteroatoms. The van der Waals surface area contributed by atoms with Gasteiger partial charge in [0.25, 0.3) is 0 Å². The molecule has 1 saturated carbocycles. The Morgan fingerprint density at radius 2 is 1.92 bits per heavy atom. The molecule has 2 N–H and O–H groups in total. The van der Waals surface area contributed by atoms with E-state index in [-0.39, 0.29) is 12.0 Å². The Labute approximate surface area is 140 Å². The highest BCUT2D eigenvalue weighted by Crippen LogP contribution is 2.43.